The fraction of sp³-hybridized carbons (Fsp3) is 0.533. The molecular weight excluding hydrogens is 208 g/mol. The Kier molecular flexibility index (Phi) is 3.51. The third kappa shape index (κ3) is 2.36. The van der Waals surface area contributed by atoms with Gasteiger partial charge in [0.2, 0.25) is 0 Å². The van der Waals surface area contributed by atoms with Crippen LogP contribution >= 0.6 is 0 Å². The molecule has 1 aliphatic rings. The normalized spacial score (nSPS) is 15.3. The lowest BCUT2D eigenvalue weighted by atomic mass is 9.92. The van der Waals surface area contributed by atoms with Gasteiger partial charge in [0.05, 0.1) is 12.9 Å². The van der Waals surface area contributed by atoms with Crippen molar-refractivity contribution in [2.75, 3.05) is 18.0 Å². The van der Waals surface area contributed by atoms with Crippen LogP contribution in [0.25, 0.3) is 0 Å². The van der Waals surface area contributed by atoms with Gasteiger partial charge in [0, 0.05) is 12.2 Å². The molecule has 2 nitrogen and oxygen atoms in total. The van der Waals surface area contributed by atoms with E-state index in [0.29, 0.717) is 11.8 Å². The minimum atomic E-state index is 0.553. The third-order valence-electron chi connectivity index (χ3n) is 3.32. The van der Waals surface area contributed by atoms with E-state index in [0.717, 1.165) is 13.1 Å². The first-order chi connectivity index (χ1) is 8.11. The Bertz CT molecular complexity index is 393. The standard InChI is InChI=1S/C15H22N2/c1-11(2)13-6-5-7-14(12(3)4)15(13)17-9-8-16-10-17/h5-7,10-12H,8-9H2,1-4H3. The van der Waals surface area contributed by atoms with Crippen LogP contribution in [0, 0.1) is 0 Å². The summed E-state index contributed by atoms with van der Waals surface area (Å²) in [5.74, 6) is 1.11. The second-order valence-corrected chi connectivity index (χ2v) is 5.31. The van der Waals surface area contributed by atoms with Crippen molar-refractivity contribution in [3.63, 3.8) is 0 Å². The Morgan fingerprint density at radius 3 is 2.06 bits per heavy atom. The molecule has 0 unspecified atom stereocenters. The fourth-order valence-electron chi connectivity index (χ4n) is 2.39. The highest BCUT2D eigenvalue weighted by atomic mass is 15.2. The SMILES string of the molecule is CC(C)c1cccc(C(C)C)c1N1C=NCC1. The molecule has 0 aliphatic carbocycles. The lowest BCUT2D eigenvalue weighted by molar-refractivity contribution is 0.824. The van der Waals surface area contributed by atoms with Crippen molar-refractivity contribution in [1.82, 2.24) is 0 Å². The van der Waals surface area contributed by atoms with Crippen molar-refractivity contribution in [2.45, 2.75) is 39.5 Å². The lowest BCUT2D eigenvalue weighted by Crippen LogP contribution is -2.22. The zero-order chi connectivity index (χ0) is 12.4. The quantitative estimate of drug-likeness (QED) is 0.771. The number of benzene rings is 1. The molecule has 1 aliphatic heterocycles. The maximum atomic E-state index is 4.34. The van der Waals surface area contributed by atoms with Gasteiger partial charge in [-0.15, -0.1) is 0 Å². The molecule has 0 saturated carbocycles. The van der Waals surface area contributed by atoms with Crippen LogP contribution in [0.1, 0.15) is 50.7 Å². The maximum absolute atomic E-state index is 4.34. The van der Waals surface area contributed by atoms with Crippen molar-refractivity contribution in [1.29, 1.82) is 0 Å². The molecule has 0 bridgehead atoms. The summed E-state index contributed by atoms with van der Waals surface area (Å²) >= 11 is 0. The smallest absolute Gasteiger partial charge is 0.0895 e. The molecule has 2 heteroatoms. The molecule has 92 valence electrons. The molecular formula is C15H22N2. The van der Waals surface area contributed by atoms with Crippen molar-refractivity contribution >= 4 is 12.0 Å². The number of aliphatic imine (C=N–C) groups is 1. The number of anilines is 1. The average Bonchev–Trinajstić information content (AvgIpc) is 2.80. The summed E-state index contributed by atoms with van der Waals surface area (Å²) < 4.78 is 0. The van der Waals surface area contributed by atoms with E-state index < -0.39 is 0 Å². The number of rotatable bonds is 3. The molecule has 0 spiro atoms. The van der Waals surface area contributed by atoms with Crippen LogP contribution in [0.4, 0.5) is 5.69 Å². The average molecular weight is 230 g/mol. The predicted octanol–water partition coefficient (Wildman–Crippen LogP) is 3.78. The molecule has 1 aromatic carbocycles. The Hall–Kier alpha value is -1.31. The number of hydrogen-bond donors (Lipinski definition) is 0. The van der Waals surface area contributed by atoms with Crippen molar-refractivity contribution in [3.05, 3.63) is 29.3 Å². The van der Waals surface area contributed by atoms with Crippen LogP contribution in [-0.4, -0.2) is 19.4 Å². The molecule has 0 atom stereocenters. The van der Waals surface area contributed by atoms with Gasteiger partial charge in [0.25, 0.3) is 0 Å². The Morgan fingerprint density at radius 2 is 1.65 bits per heavy atom. The largest absolute Gasteiger partial charge is 0.330 e. The van der Waals surface area contributed by atoms with Gasteiger partial charge in [-0.25, -0.2) is 0 Å². The first kappa shape index (κ1) is 12.2. The summed E-state index contributed by atoms with van der Waals surface area (Å²) in [5, 5.41) is 0. The van der Waals surface area contributed by atoms with Crippen LogP contribution < -0.4 is 4.90 Å². The van der Waals surface area contributed by atoms with Crippen molar-refractivity contribution in [2.24, 2.45) is 4.99 Å². The molecule has 0 amide bonds. The van der Waals surface area contributed by atoms with E-state index in [1.165, 1.54) is 16.8 Å². The zero-order valence-corrected chi connectivity index (χ0v) is 11.3. The van der Waals surface area contributed by atoms with Crippen LogP contribution in [0.3, 0.4) is 0 Å². The van der Waals surface area contributed by atoms with E-state index in [2.05, 4.69) is 55.8 Å². The van der Waals surface area contributed by atoms with E-state index in [1.54, 1.807) is 0 Å². The molecule has 0 saturated heterocycles. The van der Waals surface area contributed by atoms with Crippen molar-refractivity contribution < 1.29 is 0 Å². The zero-order valence-electron chi connectivity index (χ0n) is 11.3. The van der Waals surface area contributed by atoms with E-state index in [4.69, 9.17) is 0 Å². The molecule has 1 aromatic rings. The summed E-state index contributed by atoms with van der Waals surface area (Å²) in [4.78, 5) is 6.65. The van der Waals surface area contributed by atoms with Gasteiger partial charge in [-0.2, -0.15) is 0 Å². The minimum absolute atomic E-state index is 0.553. The molecule has 0 N–H and O–H groups in total. The Labute approximate surface area is 104 Å². The predicted molar refractivity (Wildman–Crippen MR) is 75.3 cm³/mol. The van der Waals surface area contributed by atoms with Gasteiger partial charge in [0.1, 0.15) is 0 Å². The van der Waals surface area contributed by atoms with E-state index in [9.17, 15) is 0 Å². The highest BCUT2D eigenvalue weighted by Gasteiger charge is 2.19. The summed E-state index contributed by atoms with van der Waals surface area (Å²) in [6, 6.07) is 6.68. The molecule has 0 radical (unpaired) electrons. The second-order valence-electron chi connectivity index (χ2n) is 5.31. The van der Waals surface area contributed by atoms with Gasteiger partial charge in [-0.1, -0.05) is 45.9 Å². The van der Waals surface area contributed by atoms with E-state index in [1.807, 2.05) is 6.34 Å². The van der Waals surface area contributed by atoms with Crippen molar-refractivity contribution in [3.8, 4) is 0 Å². The Morgan fingerprint density at radius 1 is 1.06 bits per heavy atom. The van der Waals surface area contributed by atoms with Crippen LogP contribution in [0.15, 0.2) is 23.2 Å². The van der Waals surface area contributed by atoms with Crippen LogP contribution in [0.2, 0.25) is 0 Å². The molecule has 0 fully saturated rings. The topological polar surface area (TPSA) is 15.6 Å². The molecule has 2 rings (SSSR count). The Balaban J connectivity index is 2.53. The van der Waals surface area contributed by atoms with Crippen LogP contribution in [-0.2, 0) is 0 Å². The van der Waals surface area contributed by atoms with Gasteiger partial charge in [0.15, 0.2) is 0 Å². The first-order valence-corrected chi connectivity index (χ1v) is 6.50. The summed E-state index contributed by atoms with van der Waals surface area (Å²) in [7, 11) is 0. The molecule has 1 heterocycles. The van der Waals surface area contributed by atoms with E-state index in [-0.39, 0.29) is 0 Å². The minimum Gasteiger partial charge on any atom is -0.330 e. The van der Waals surface area contributed by atoms with Gasteiger partial charge in [-0.3, -0.25) is 4.99 Å². The number of hydrogen-bond acceptors (Lipinski definition) is 2. The first-order valence-electron chi connectivity index (χ1n) is 6.50. The van der Waals surface area contributed by atoms with Gasteiger partial charge >= 0.3 is 0 Å². The monoisotopic (exact) mass is 230 g/mol. The van der Waals surface area contributed by atoms with Gasteiger partial charge < -0.3 is 4.90 Å². The summed E-state index contributed by atoms with van der Waals surface area (Å²) in [6.07, 6.45) is 1.99. The number of nitrogens with zero attached hydrogens (tertiary/aromatic N) is 2. The second kappa shape index (κ2) is 4.91. The van der Waals surface area contributed by atoms with Crippen LogP contribution in [0.5, 0.6) is 0 Å². The summed E-state index contributed by atoms with van der Waals surface area (Å²) in [5.41, 5.74) is 4.26. The lowest BCUT2D eigenvalue weighted by Gasteiger charge is -2.25. The highest BCUT2D eigenvalue weighted by Crippen LogP contribution is 2.35. The molecule has 0 aromatic heterocycles. The maximum Gasteiger partial charge on any atom is 0.0895 e. The fourth-order valence-corrected chi connectivity index (χ4v) is 2.39. The van der Waals surface area contributed by atoms with E-state index >= 15 is 0 Å². The summed E-state index contributed by atoms with van der Waals surface area (Å²) in [6.45, 7) is 11.0. The highest BCUT2D eigenvalue weighted by molar-refractivity contribution is 5.84. The van der Waals surface area contributed by atoms with Gasteiger partial charge in [-0.05, 0) is 23.0 Å². The third-order valence-corrected chi connectivity index (χ3v) is 3.32. The molecule has 17 heavy (non-hydrogen) atoms. The number of para-hydroxylation sites is 1.